The van der Waals surface area contributed by atoms with Gasteiger partial charge in [0.25, 0.3) is 0 Å². The van der Waals surface area contributed by atoms with E-state index in [-0.39, 0.29) is 0 Å². The zero-order chi connectivity index (χ0) is 25.1. The lowest BCUT2D eigenvalue weighted by atomic mass is 9.91. The van der Waals surface area contributed by atoms with Crippen molar-refractivity contribution in [1.29, 1.82) is 0 Å². The van der Waals surface area contributed by atoms with E-state index in [1.165, 1.54) is 37.7 Å². The minimum atomic E-state index is 0.748. The molecule has 0 aliphatic heterocycles. The van der Waals surface area contributed by atoms with E-state index in [0.29, 0.717) is 0 Å². The molecule has 0 unspecified atom stereocenters. The van der Waals surface area contributed by atoms with Crippen LogP contribution in [0.5, 0.6) is 0 Å². The summed E-state index contributed by atoms with van der Waals surface area (Å²) >= 11 is 0. The molecule has 0 bridgehead atoms. The van der Waals surface area contributed by atoms with Gasteiger partial charge in [-0.3, -0.25) is 0 Å². The number of fused-ring (bicyclic) bond motifs is 8. The van der Waals surface area contributed by atoms with E-state index in [0.717, 1.165) is 38.9 Å². The maximum Gasteiger partial charge on any atom is 0.161 e. The van der Waals surface area contributed by atoms with Gasteiger partial charge in [-0.2, -0.15) is 0 Å². The van der Waals surface area contributed by atoms with Gasteiger partial charge in [-0.25, -0.2) is 9.97 Å². The summed E-state index contributed by atoms with van der Waals surface area (Å²) in [4.78, 5) is 10.3. The Kier molecular flexibility index (Phi) is 4.55. The molecule has 0 fully saturated rings. The lowest BCUT2D eigenvalue weighted by Gasteiger charge is -2.15. The van der Waals surface area contributed by atoms with Gasteiger partial charge < -0.3 is 0 Å². The van der Waals surface area contributed by atoms with E-state index in [4.69, 9.17) is 9.97 Å². The standard InChI is InChI=1S/C36H22N2/c1-2-11-25(12-3-1)35-30-16-8-9-17-33(30)37-36(38-35)32-22-31-29(27-14-6-7-15-28(27)32)21-20-24-19-18-23-10-4-5-13-26(23)34(24)31/h1-22H. The molecule has 0 aliphatic carbocycles. The second kappa shape index (κ2) is 8.22. The summed E-state index contributed by atoms with van der Waals surface area (Å²) in [6.07, 6.45) is 0. The minimum Gasteiger partial charge on any atom is -0.228 e. The summed E-state index contributed by atoms with van der Waals surface area (Å²) in [5.74, 6) is 0.748. The Morgan fingerprint density at radius 1 is 0.395 bits per heavy atom. The molecule has 8 rings (SSSR count). The third-order valence-corrected chi connectivity index (χ3v) is 7.64. The highest BCUT2D eigenvalue weighted by Gasteiger charge is 2.16. The number of hydrogen-bond acceptors (Lipinski definition) is 2. The highest BCUT2D eigenvalue weighted by Crippen LogP contribution is 2.40. The molecule has 1 aromatic heterocycles. The number of rotatable bonds is 2. The van der Waals surface area contributed by atoms with Gasteiger partial charge in [0, 0.05) is 16.5 Å². The second-order valence-corrected chi connectivity index (χ2v) is 9.79. The van der Waals surface area contributed by atoms with Crippen LogP contribution in [0.15, 0.2) is 133 Å². The highest BCUT2D eigenvalue weighted by molar-refractivity contribution is 6.26. The van der Waals surface area contributed by atoms with Gasteiger partial charge in [-0.1, -0.05) is 121 Å². The largest absolute Gasteiger partial charge is 0.228 e. The van der Waals surface area contributed by atoms with Crippen LogP contribution in [0.2, 0.25) is 0 Å². The van der Waals surface area contributed by atoms with Crippen molar-refractivity contribution >= 4 is 54.0 Å². The number of para-hydroxylation sites is 1. The van der Waals surface area contributed by atoms with Crippen molar-refractivity contribution < 1.29 is 0 Å². The summed E-state index contributed by atoms with van der Waals surface area (Å²) in [7, 11) is 0. The molecule has 2 heteroatoms. The van der Waals surface area contributed by atoms with Gasteiger partial charge in [-0.05, 0) is 55.2 Å². The zero-order valence-electron chi connectivity index (χ0n) is 20.6. The van der Waals surface area contributed by atoms with Crippen LogP contribution in [-0.4, -0.2) is 9.97 Å². The molecule has 0 radical (unpaired) electrons. The Bertz CT molecular complexity index is 2180. The summed E-state index contributed by atoms with van der Waals surface area (Å²) in [5, 5.41) is 10.9. The van der Waals surface area contributed by atoms with Gasteiger partial charge in [0.2, 0.25) is 0 Å². The smallest absolute Gasteiger partial charge is 0.161 e. The molecule has 8 aromatic rings. The molecule has 38 heavy (non-hydrogen) atoms. The molecule has 0 N–H and O–H groups in total. The molecule has 1 heterocycles. The Hall–Kier alpha value is -5.08. The number of hydrogen-bond donors (Lipinski definition) is 0. The average Bonchev–Trinajstić information content (AvgIpc) is 3.00. The molecule has 7 aromatic carbocycles. The fourth-order valence-electron chi connectivity index (χ4n) is 5.88. The first-order chi connectivity index (χ1) is 18.8. The average molecular weight is 483 g/mol. The van der Waals surface area contributed by atoms with Crippen LogP contribution < -0.4 is 0 Å². The van der Waals surface area contributed by atoms with Crippen LogP contribution in [0, 0.1) is 0 Å². The molecule has 0 aliphatic rings. The Morgan fingerprint density at radius 3 is 1.89 bits per heavy atom. The molecule has 176 valence electrons. The minimum absolute atomic E-state index is 0.748. The number of benzene rings is 7. The first-order valence-electron chi connectivity index (χ1n) is 12.9. The van der Waals surface area contributed by atoms with Gasteiger partial charge in [0.1, 0.15) is 0 Å². The van der Waals surface area contributed by atoms with Crippen LogP contribution in [0.4, 0.5) is 0 Å². The van der Waals surface area contributed by atoms with Crippen LogP contribution in [-0.2, 0) is 0 Å². The number of aromatic nitrogens is 2. The Labute approximate surface area is 219 Å². The quantitative estimate of drug-likeness (QED) is 0.229. The molecule has 0 saturated heterocycles. The van der Waals surface area contributed by atoms with Crippen molar-refractivity contribution in [1.82, 2.24) is 9.97 Å². The Morgan fingerprint density at radius 2 is 1.03 bits per heavy atom. The molecular formula is C36H22N2. The number of nitrogens with zero attached hydrogens (tertiary/aromatic N) is 2. The SMILES string of the molecule is c1ccc(-c2nc(-c3cc4c(ccc5ccc6ccccc6c54)c4ccccc34)nc3ccccc23)cc1. The molecule has 0 saturated carbocycles. The van der Waals surface area contributed by atoms with Gasteiger partial charge in [0.15, 0.2) is 5.82 Å². The maximum absolute atomic E-state index is 5.23. The van der Waals surface area contributed by atoms with Crippen molar-refractivity contribution in [2.24, 2.45) is 0 Å². The fraction of sp³-hybridized carbons (Fsp3) is 0. The van der Waals surface area contributed by atoms with E-state index >= 15 is 0 Å². The van der Waals surface area contributed by atoms with Crippen molar-refractivity contribution in [3.05, 3.63) is 133 Å². The topological polar surface area (TPSA) is 25.8 Å². The van der Waals surface area contributed by atoms with E-state index < -0.39 is 0 Å². The molecule has 0 amide bonds. The first kappa shape index (κ1) is 21.0. The fourth-order valence-corrected chi connectivity index (χ4v) is 5.88. The summed E-state index contributed by atoms with van der Waals surface area (Å²) in [6.45, 7) is 0. The van der Waals surface area contributed by atoms with Crippen molar-refractivity contribution in [3.8, 4) is 22.6 Å². The van der Waals surface area contributed by atoms with Crippen LogP contribution in [0.3, 0.4) is 0 Å². The van der Waals surface area contributed by atoms with Crippen LogP contribution in [0.1, 0.15) is 0 Å². The first-order valence-corrected chi connectivity index (χ1v) is 12.9. The third kappa shape index (κ3) is 3.14. The summed E-state index contributed by atoms with van der Waals surface area (Å²) in [6, 6.07) is 47.3. The van der Waals surface area contributed by atoms with Gasteiger partial charge in [0.05, 0.1) is 11.2 Å². The summed E-state index contributed by atoms with van der Waals surface area (Å²) < 4.78 is 0. The van der Waals surface area contributed by atoms with E-state index in [1.807, 2.05) is 12.1 Å². The van der Waals surface area contributed by atoms with E-state index in [1.54, 1.807) is 0 Å². The monoisotopic (exact) mass is 482 g/mol. The van der Waals surface area contributed by atoms with E-state index in [2.05, 4.69) is 121 Å². The summed E-state index contributed by atoms with van der Waals surface area (Å²) in [5.41, 5.74) is 4.05. The van der Waals surface area contributed by atoms with Crippen LogP contribution in [0.25, 0.3) is 76.6 Å². The maximum atomic E-state index is 5.23. The second-order valence-electron chi connectivity index (χ2n) is 9.79. The van der Waals surface area contributed by atoms with Gasteiger partial charge >= 0.3 is 0 Å². The molecular weight excluding hydrogens is 460 g/mol. The van der Waals surface area contributed by atoms with Crippen LogP contribution >= 0.6 is 0 Å². The Balaban J connectivity index is 1.54. The normalized spacial score (nSPS) is 11.7. The van der Waals surface area contributed by atoms with E-state index in [9.17, 15) is 0 Å². The van der Waals surface area contributed by atoms with Crippen molar-refractivity contribution in [2.75, 3.05) is 0 Å². The van der Waals surface area contributed by atoms with Crippen molar-refractivity contribution in [2.45, 2.75) is 0 Å². The molecule has 0 atom stereocenters. The molecule has 0 spiro atoms. The predicted molar refractivity (Wildman–Crippen MR) is 160 cm³/mol. The lowest BCUT2D eigenvalue weighted by Crippen LogP contribution is -1.96. The van der Waals surface area contributed by atoms with Crippen molar-refractivity contribution in [3.63, 3.8) is 0 Å². The lowest BCUT2D eigenvalue weighted by molar-refractivity contribution is 1.24. The predicted octanol–water partition coefficient (Wildman–Crippen LogP) is 9.58. The third-order valence-electron chi connectivity index (χ3n) is 7.64. The molecule has 2 nitrogen and oxygen atoms in total. The zero-order valence-corrected chi connectivity index (χ0v) is 20.6. The highest BCUT2D eigenvalue weighted by atomic mass is 14.9. The van der Waals surface area contributed by atoms with Gasteiger partial charge in [-0.15, -0.1) is 0 Å².